The summed E-state index contributed by atoms with van der Waals surface area (Å²) in [4.78, 5) is 22.6. The Morgan fingerprint density at radius 2 is 1.91 bits per heavy atom. The third kappa shape index (κ3) is 3.32. The molecular weight excluding hydrogens is 399 g/mol. The van der Waals surface area contributed by atoms with Crippen LogP contribution in [-0.2, 0) is 0 Å². The SMILES string of the molecule is O=C(Nc1ccc(Cl)c(Cl)c1)c1c(O)ccc(Br)c1[N+](=O)[O-]. The van der Waals surface area contributed by atoms with Crippen LogP contribution in [0.3, 0.4) is 0 Å². The van der Waals surface area contributed by atoms with Crippen LogP contribution in [0.25, 0.3) is 0 Å². The summed E-state index contributed by atoms with van der Waals surface area (Å²) >= 11 is 14.6. The lowest BCUT2D eigenvalue weighted by Gasteiger charge is -2.09. The largest absolute Gasteiger partial charge is 0.507 e. The maximum atomic E-state index is 12.2. The summed E-state index contributed by atoms with van der Waals surface area (Å²) in [7, 11) is 0. The zero-order valence-corrected chi connectivity index (χ0v) is 13.7. The van der Waals surface area contributed by atoms with E-state index < -0.39 is 27.8 Å². The fourth-order valence-corrected chi connectivity index (χ4v) is 2.50. The van der Waals surface area contributed by atoms with E-state index in [1.54, 1.807) is 0 Å². The summed E-state index contributed by atoms with van der Waals surface area (Å²) in [6.07, 6.45) is 0. The van der Waals surface area contributed by atoms with Gasteiger partial charge in [0, 0.05) is 5.69 Å². The molecule has 2 N–H and O–H groups in total. The molecule has 0 aliphatic carbocycles. The number of carbonyl (C=O) groups is 1. The van der Waals surface area contributed by atoms with E-state index in [9.17, 15) is 20.0 Å². The molecule has 0 unspecified atom stereocenters. The minimum Gasteiger partial charge on any atom is -0.507 e. The number of nitrogens with one attached hydrogen (secondary N) is 1. The van der Waals surface area contributed by atoms with Crippen LogP contribution in [0.5, 0.6) is 5.75 Å². The molecular formula is C13H7BrCl2N2O4. The Bertz CT molecular complexity index is 783. The second-order valence-corrected chi connectivity index (χ2v) is 5.80. The number of phenols is 1. The first-order valence-corrected chi connectivity index (χ1v) is 7.28. The van der Waals surface area contributed by atoms with Gasteiger partial charge in [-0.15, -0.1) is 0 Å². The predicted octanol–water partition coefficient (Wildman–Crippen LogP) is 4.62. The number of hydrogen-bond donors (Lipinski definition) is 2. The standard InChI is InChI=1S/C13H7BrCl2N2O4/c14-7-2-4-10(19)11(12(7)18(21)22)13(20)17-6-1-3-8(15)9(16)5-6/h1-5,19H,(H,17,20). The zero-order valence-electron chi connectivity index (χ0n) is 10.6. The zero-order chi connectivity index (χ0) is 16.4. The Morgan fingerprint density at radius 1 is 1.23 bits per heavy atom. The Balaban J connectivity index is 2.43. The first-order chi connectivity index (χ1) is 10.3. The quantitative estimate of drug-likeness (QED) is 0.575. The van der Waals surface area contributed by atoms with E-state index in [1.807, 2.05) is 0 Å². The number of benzene rings is 2. The summed E-state index contributed by atoms with van der Waals surface area (Å²) in [5, 5.41) is 23.8. The van der Waals surface area contributed by atoms with Crippen molar-refractivity contribution < 1.29 is 14.8 Å². The Kier molecular flexibility index (Phi) is 4.90. The fraction of sp³-hybridized carbons (Fsp3) is 0. The van der Waals surface area contributed by atoms with Crippen molar-refractivity contribution in [3.8, 4) is 5.75 Å². The monoisotopic (exact) mass is 404 g/mol. The molecule has 0 atom stereocenters. The highest BCUT2D eigenvalue weighted by molar-refractivity contribution is 9.10. The number of rotatable bonds is 3. The number of nitrogens with zero attached hydrogens (tertiary/aromatic N) is 1. The summed E-state index contributed by atoms with van der Waals surface area (Å²) in [5.74, 6) is -1.35. The van der Waals surface area contributed by atoms with Crippen LogP contribution in [0, 0.1) is 10.1 Å². The highest BCUT2D eigenvalue weighted by Crippen LogP contribution is 2.35. The molecule has 2 aromatic carbocycles. The van der Waals surface area contributed by atoms with Gasteiger partial charge in [0.25, 0.3) is 11.6 Å². The normalized spacial score (nSPS) is 10.3. The molecule has 0 aliphatic heterocycles. The molecule has 0 spiro atoms. The predicted molar refractivity (Wildman–Crippen MR) is 86.9 cm³/mol. The molecule has 0 radical (unpaired) electrons. The van der Waals surface area contributed by atoms with E-state index in [4.69, 9.17) is 23.2 Å². The molecule has 2 rings (SSSR count). The number of hydrogen-bond acceptors (Lipinski definition) is 4. The number of nitro groups is 1. The average Bonchev–Trinajstić information content (AvgIpc) is 2.44. The van der Waals surface area contributed by atoms with Gasteiger partial charge in [-0.25, -0.2) is 0 Å². The third-order valence-electron chi connectivity index (χ3n) is 2.69. The molecule has 6 nitrogen and oxygen atoms in total. The molecule has 0 fully saturated rings. The van der Waals surface area contributed by atoms with Gasteiger partial charge in [0.1, 0.15) is 5.75 Å². The molecule has 1 amide bonds. The molecule has 0 aromatic heterocycles. The van der Waals surface area contributed by atoms with Crippen LogP contribution in [0.15, 0.2) is 34.8 Å². The van der Waals surface area contributed by atoms with Crippen LogP contribution in [0.1, 0.15) is 10.4 Å². The van der Waals surface area contributed by atoms with E-state index in [0.717, 1.165) is 0 Å². The van der Waals surface area contributed by atoms with Gasteiger partial charge in [-0.05, 0) is 46.3 Å². The van der Waals surface area contributed by atoms with Crippen molar-refractivity contribution in [2.45, 2.75) is 0 Å². The van der Waals surface area contributed by atoms with Crippen LogP contribution >= 0.6 is 39.1 Å². The van der Waals surface area contributed by atoms with Crippen molar-refractivity contribution in [1.29, 1.82) is 0 Å². The number of nitro benzene ring substituents is 1. The molecule has 0 saturated carbocycles. The minimum absolute atomic E-state index is 0.0783. The van der Waals surface area contributed by atoms with Gasteiger partial charge in [0.15, 0.2) is 5.56 Å². The van der Waals surface area contributed by atoms with E-state index >= 15 is 0 Å². The first kappa shape index (κ1) is 16.5. The van der Waals surface area contributed by atoms with Crippen molar-refractivity contribution >= 4 is 56.4 Å². The Morgan fingerprint density at radius 3 is 2.50 bits per heavy atom. The maximum absolute atomic E-state index is 12.2. The second kappa shape index (κ2) is 6.51. The van der Waals surface area contributed by atoms with E-state index in [0.29, 0.717) is 5.02 Å². The van der Waals surface area contributed by atoms with E-state index in [2.05, 4.69) is 21.2 Å². The minimum atomic E-state index is -0.844. The molecule has 9 heteroatoms. The van der Waals surface area contributed by atoms with Crippen LogP contribution < -0.4 is 5.32 Å². The number of amides is 1. The number of carbonyl (C=O) groups excluding carboxylic acids is 1. The maximum Gasteiger partial charge on any atom is 0.300 e. The Labute approximate surface area is 142 Å². The first-order valence-electron chi connectivity index (χ1n) is 5.73. The average molecular weight is 406 g/mol. The summed E-state index contributed by atoms with van der Waals surface area (Å²) < 4.78 is 0.0783. The van der Waals surface area contributed by atoms with Gasteiger partial charge < -0.3 is 10.4 Å². The lowest BCUT2D eigenvalue weighted by molar-refractivity contribution is -0.386. The van der Waals surface area contributed by atoms with Crippen molar-refractivity contribution in [3.05, 3.63) is 60.5 Å². The molecule has 0 bridgehead atoms. The lowest BCUT2D eigenvalue weighted by atomic mass is 10.1. The molecule has 0 heterocycles. The summed E-state index contributed by atoms with van der Waals surface area (Å²) in [5.41, 5.74) is -0.698. The van der Waals surface area contributed by atoms with E-state index in [1.165, 1.54) is 30.3 Å². The number of anilines is 1. The third-order valence-corrected chi connectivity index (χ3v) is 4.07. The molecule has 0 saturated heterocycles. The number of phenolic OH excluding ortho intramolecular Hbond substituents is 1. The van der Waals surface area contributed by atoms with Crippen LogP contribution in [0.4, 0.5) is 11.4 Å². The smallest absolute Gasteiger partial charge is 0.300 e. The number of aromatic hydroxyl groups is 1. The van der Waals surface area contributed by atoms with Crippen LogP contribution in [0.2, 0.25) is 10.0 Å². The number of halogens is 3. The second-order valence-electron chi connectivity index (χ2n) is 4.13. The lowest BCUT2D eigenvalue weighted by Crippen LogP contribution is -2.14. The highest BCUT2D eigenvalue weighted by Gasteiger charge is 2.27. The van der Waals surface area contributed by atoms with Gasteiger partial charge in [0.05, 0.1) is 19.4 Å². The van der Waals surface area contributed by atoms with Crippen molar-refractivity contribution in [2.75, 3.05) is 5.32 Å². The molecule has 114 valence electrons. The topological polar surface area (TPSA) is 92.5 Å². The molecule has 0 aliphatic rings. The highest BCUT2D eigenvalue weighted by atomic mass is 79.9. The van der Waals surface area contributed by atoms with Crippen molar-refractivity contribution in [3.63, 3.8) is 0 Å². The summed E-state index contributed by atoms with van der Waals surface area (Å²) in [6.45, 7) is 0. The van der Waals surface area contributed by atoms with Gasteiger partial charge in [0.2, 0.25) is 0 Å². The van der Waals surface area contributed by atoms with Crippen molar-refractivity contribution in [1.82, 2.24) is 0 Å². The van der Waals surface area contributed by atoms with Gasteiger partial charge in [-0.2, -0.15) is 0 Å². The van der Waals surface area contributed by atoms with Crippen LogP contribution in [-0.4, -0.2) is 15.9 Å². The Hall–Kier alpha value is -1.83. The van der Waals surface area contributed by atoms with Gasteiger partial charge >= 0.3 is 0 Å². The van der Waals surface area contributed by atoms with Gasteiger partial charge in [-0.3, -0.25) is 14.9 Å². The molecule has 2 aromatic rings. The molecule has 22 heavy (non-hydrogen) atoms. The fourth-order valence-electron chi connectivity index (χ4n) is 1.72. The van der Waals surface area contributed by atoms with Crippen molar-refractivity contribution in [2.24, 2.45) is 0 Å². The van der Waals surface area contributed by atoms with Gasteiger partial charge in [-0.1, -0.05) is 23.2 Å². The summed E-state index contributed by atoms with van der Waals surface area (Å²) in [6, 6.07) is 6.80. The van der Waals surface area contributed by atoms with E-state index in [-0.39, 0.29) is 15.2 Å².